The van der Waals surface area contributed by atoms with Gasteiger partial charge in [-0.25, -0.2) is 38.7 Å². The molecular weight excluding hydrogens is 658 g/mol. The predicted molar refractivity (Wildman–Crippen MR) is 182 cm³/mol. The van der Waals surface area contributed by atoms with Gasteiger partial charge in [-0.05, 0) is 70.5 Å². The molecule has 0 amide bonds. The number of fused-ring (bicyclic) bond motifs is 1. The van der Waals surface area contributed by atoms with Crippen LogP contribution in [0.1, 0.15) is 45.5 Å². The standard InChI is InChI=1S/C33H35ClF2N10OS/c1-17(2)46-19(4)42-29-23(35)9-20(10-25(29)46)28-24(36)13-41-32(44-28)43-21-11-22(34)31(40-12-21)48-27-15-38-26(14-39-27)45-7-5-33(6-8-45)16-47-18(3)30(33)37/h9-15,17-18,30H,5-8,16,37H2,1-4H3,(H,41,43,44)/t18-,30+/m0/s1. The summed E-state index contributed by atoms with van der Waals surface area (Å²) in [6, 6.07) is 4.69. The van der Waals surface area contributed by atoms with Crippen LogP contribution in [0.5, 0.6) is 0 Å². The molecule has 48 heavy (non-hydrogen) atoms. The maximum absolute atomic E-state index is 15.1. The zero-order valence-electron chi connectivity index (χ0n) is 26.9. The van der Waals surface area contributed by atoms with Crippen LogP contribution in [0, 0.1) is 24.0 Å². The highest BCUT2D eigenvalue weighted by atomic mass is 35.5. The smallest absolute Gasteiger partial charge is 0.227 e. The molecule has 0 saturated carbocycles. The Morgan fingerprint density at radius 1 is 1.02 bits per heavy atom. The summed E-state index contributed by atoms with van der Waals surface area (Å²) in [5.41, 5.74) is 8.00. The van der Waals surface area contributed by atoms with Crippen LogP contribution in [-0.4, -0.2) is 66.3 Å². The maximum atomic E-state index is 15.1. The van der Waals surface area contributed by atoms with Gasteiger partial charge in [0.1, 0.15) is 32.9 Å². The summed E-state index contributed by atoms with van der Waals surface area (Å²) in [7, 11) is 0. The molecule has 11 nitrogen and oxygen atoms in total. The van der Waals surface area contributed by atoms with Crippen molar-refractivity contribution in [2.75, 3.05) is 29.9 Å². The molecular formula is C33H35ClF2N10OS. The Bertz CT molecular complexity index is 1980. The van der Waals surface area contributed by atoms with E-state index in [9.17, 15) is 4.39 Å². The summed E-state index contributed by atoms with van der Waals surface area (Å²) in [6.07, 6.45) is 8.10. The van der Waals surface area contributed by atoms with Crippen LogP contribution >= 0.6 is 23.4 Å². The molecule has 7 rings (SSSR count). The second-order valence-electron chi connectivity index (χ2n) is 12.7. The lowest BCUT2D eigenvalue weighted by atomic mass is 9.73. The zero-order valence-corrected chi connectivity index (χ0v) is 28.5. The highest BCUT2D eigenvalue weighted by Gasteiger charge is 2.47. The van der Waals surface area contributed by atoms with Crippen LogP contribution in [0.15, 0.2) is 53.0 Å². The van der Waals surface area contributed by atoms with Crippen LogP contribution in [-0.2, 0) is 4.74 Å². The van der Waals surface area contributed by atoms with E-state index in [0.29, 0.717) is 38.7 Å². The van der Waals surface area contributed by atoms with Gasteiger partial charge in [0.15, 0.2) is 11.6 Å². The lowest BCUT2D eigenvalue weighted by Crippen LogP contribution is -2.50. The largest absolute Gasteiger partial charge is 0.376 e. The Morgan fingerprint density at radius 3 is 2.48 bits per heavy atom. The monoisotopic (exact) mass is 692 g/mol. The highest BCUT2D eigenvalue weighted by Crippen LogP contribution is 2.42. The summed E-state index contributed by atoms with van der Waals surface area (Å²) in [5, 5.41) is 4.57. The molecule has 250 valence electrons. The second kappa shape index (κ2) is 12.8. The summed E-state index contributed by atoms with van der Waals surface area (Å²) < 4.78 is 37.8. The molecule has 2 aliphatic rings. The van der Waals surface area contributed by atoms with Crippen LogP contribution in [0.4, 0.5) is 26.2 Å². The van der Waals surface area contributed by atoms with Gasteiger partial charge < -0.3 is 25.3 Å². The normalized spacial score (nSPS) is 19.1. The SMILES string of the molecule is Cc1nc2c(F)cc(-c3nc(Nc4cnc(Sc5cnc(N6CCC7(CC6)CO[C@@H](C)[C@H]7N)cn5)c(Cl)c4)ncc3F)cc2n1C(C)C. The number of nitrogens with two attached hydrogens (primary N) is 1. The minimum Gasteiger partial charge on any atom is -0.376 e. The van der Waals surface area contributed by atoms with Crippen molar-refractivity contribution < 1.29 is 13.5 Å². The number of nitrogens with one attached hydrogen (secondary N) is 1. The summed E-state index contributed by atoms with van der Waals surface area (Å²) in [6.45, 7) is 10.2. The second-order valence-corrected chi connectivity index (χ2v) is 14.1. The molecule has 2 aliphatic heterocycles. The zero-order chi connectivity index (χ0) is 33.7. The quantitative estimate of drug-likeness (QED) is 0.188. The molecule has 0 unspecified atom stereocenters. The molecule has 6 heterocycles. The Kier molecular flexibility index (Phi) is 8.69. The Hall–Kier alpha value is -3.98. The molecule has 5 aromatic rings. The lowest BCUT2D eigenvalue weighted by molar-refractivity contribution is 0.0974. The van der Waals surface area contributed by atoms with Gasteiger partial charge in [-0.2, -0.15) is 0 Å². The number of halogens is 3. The van der Waals surface area contributed by atoms with Crippen molar-refractivity contribution in [1.82, 2.24) is 34.5 Å². The van der Waals surface area contributed by atoms with Crippen molar-refractivity contribution in [1.29, 1.82) is 0 Å². The number of aryl methyl sites for hydroxylation is 1. The molecule has 1 spiro atoms. The summed E-state index contributed by atoms with van der Waals surface area (Å²) >= 11 is 7.89. The van der Waals surface area contributed by atoms with Crippen LogP contribution in [0.3, 0.4) is 0 Å². The van der Waals surface area contributed by atoms with Gasteiger partial charge in [0, 0.05) is 36.2 Å². The van der Waals surface area contributed by atoms with Crippen LogP contribution in [0.25, 0.3) is 22.3 Å². The average molecular weight is 693 g/mol. The Labute approximate surface area is 285 Å². The van der Waals surface area contributed by atoms with Gasteiger partial charge in [-0.15, -0.1) is 0 Å². The van der Waals surface area contributed by atoms with Crippen molar-refractivity contribution in [2.24, 2.45) is 11.1 Å². The van der Waals surface area contributed by atoms with Gasteiger partial charge >= 0.3 is 0 Å². The van der Waals surface area contributed by atoms with E-state index in [4.69, 9.17) is 22.1 Å². The fourth-order valence-corrected chi connectivity index (χ4v) is 7.62. The summed E-state index contributed by atoms with van der Waals surface area (Å²) in [4.78, 5) is 28.7. The molecule has 0 radical (unpaired) electrons. The van der Waals surface area contributed by atoms with Crippen molar-refractivity contribution in [3.05, 3.63) is 65.5 Å². The number of pyridine rings is 1. The van der Waals surface area contributed by atoms with E-state index in [-0.39, 0.29) is 46.3 Å². The molecule has 2 atom stereocenters. The number of hydrogen-bond donors (Lipinski definition) is 2. The van der Waals surface area contributed by atoms with Gasteiger partial charge in [-0.1, -0.05) is 11.6 Å². The molecule has 2 saturated heterocycles. The Morgan fingerprint density at radius 2 is 1.81 bits per heavy atom. The molecule has 4 aromatic heterocycles. The topological polar surface area (TPSA) is 133 Å². The third-order valence-electron chi connectivity index (χ3n) is 9.27. The third kappa shape index (κ3) is 6.06. The number of anilines is 3. The minimum absolute atomic E-state index is 0.0338. The summed E-state index contributed by atoms with van der Waals surface area (Å²) in [5.74, 6) is 0.340. The van der Waals surface area contributed by atoms with E-state index in [0.717, 1.165) is 37.9 Å². The molecule has 0 bridgehead atoms. The number of nitrogens with zero attached hydrogens (tertiary/aromatic N) is 8. The molecule has 15 heteroatoms. The number of benzene rings is 1. The van der Waals surface area contributed by atoms with Gasteiger partial charge in [-0.3, -0.25) is 0 Å². The minimum atomic E-state index is -0.687. The molecule has 1 aromatic carbocycles. The van der Waals surface area contributed by atoms with E-state index >= 15 is 4.39 Å². The van der Waals surface area contributed by atoms with Crippen molar-refractivity contribution in [2.45, 2.75) is 68.8 Å². The van der Waals surface area contributed by atoms with Crippen molar-refractivity contribution in [3.63, 3.8) is 0 Å². The van der Waals surface area contributed by atoms with Gasteiger partial charge in [0.25, 0.3) is 0 Å². The number of imidazole rings is 1. The number of piperidine rings is 1. The first-order valence-corrected chi connectivity index (χ1v) is 17.0. The first kappa shape index (κ1) is 32.6. The van der Waals surface area contributed by atoms with Crippen LogP contribution in [0.2, 0.25) is 5.02 Å². The van der Waals surface area contributed by atoms with Gasteiger partial charge in [0.2, 0.25) is 5.95 Å². The number of hydrogen-bond acceptors (Lipinski definition) is 11. The van der Waals surface area contributed by atoms with E-state index in [1.165, 1.54) is 17.8 Å². The lowest BCUT2D eigenvalue weighted by Gasteiger charge is -2.41. The van der Waals surface area contributed by atoms with E-state index in [2.05, 4.69) is 40.1 Å². The van der Waals surface area contributed by atoms with Crippen molar-refractivity contribution >= 4 is 51.8 Å². The number of ether oxygens (including phenoxy) is 1. The highest BCUT2D eigenvalue weighted by molar-refractivity contribution is 7.99. The Balaban J connectivity index is 1.03. The average Bonchev–Trinajstić information content (AvgIpc) is 3.55. The first-order chi connectivity index (χ1) is 23.0. The van der Waals surface area contributed by atoms with Crippen molar-refractivity contribution in [3.8, 4) is 11.3 Å². The maximum Gasteiger partial charge on any atom is 0.227 e. The molecule has 2 fully saturated rings. The predicted octanol–water partition coefficient (Wildman–Crippen LogP) is 6.73. The van der Waals surface area contributed by atoms with E-state index in [1.54, 1.807) is 30.7 Å². The first-order valence-electron chi connectivity index (χ1n) is 15.8. The molecule has 0 aliphatic carbocycles. The fourth-order valence-electron chi connectivity index (χ4n) is 6.66. The van der Waals surface area contributed by atoms with E-state index in [1.807, 2.05) is 32.3 Å². The third-order valence-corrected chi connectivity index (χ3v) is 10.6. The number of aromatic nitrogens is 7. The van der Waals surface area contributed by atoms with Crippen LogP contribution < -0.4 is 16.0 Å². The van der Waals surface area contributed by atoms with E-state index < -0.39 is 11.6 Å². The van der Waals surface area contributed by atoms with Gasteiger partial charge in [0.05, 0.1) is 53.7 Å². The molecule has 3 N–H and O–H groups in total. The fraction of sp³-hybridized carbons (Fsp3) is 0.394. The number of rotatable bonds is 7.